The number of fused-ring (bicyclic) bond motifs is 5. The van der Waals surface area contributed by atoms with Crippen LogP contribution in [0.2, 0.25) is 0 Å². The van der Waals surface area contributed by atoms with Gasteiger partial charge in [0.2, 0.25) is 0 Å². The Bertz CT molecular complexity index is 2100. The van der Waals surface area contributed by atoms with Crippen molar-refractivity contribution < 1.29 is 114 Å². The fourth-order valence-electron chi connectivity index (χ4n) is 16.6. The van der Waals surface area contributed by atoms with Gasteiger partial charge in [0, 0.05) is 6.92 Å². The van der Waals surface area contributed by atoms with E-state index in [1.54, 1.807) is 0 Å². The number of ether oxygens (including phenoxy) is 9. The molecule has 4 aliphatic carbocycles. The van der Waals surface area contributed by atoms with Crippen LogP contribution in [0.4, 0.5) is 0 Å². The van der Waals surface area contributed by atoms with Crippen LogP contribution in [0.25, 0.3) is 0 Å². The molecule has 4 heterocycles. The first kappa shape index (κ1) is 63.4. The summed E-state index contributed by atoms with van der Waals surface area (Å²) >= 11 is 0. The lowest BCUT2D eigenvalue weighted by Crippen LogP contribution is -2.68. The summed E-state index contributed by atoms with van der Waals surface area (Å²) in [6, 6.07) is 0. The van der Waals surface area contributed by atoms with Gasteiger partial charge in [-0.25, -0.2) is 0 Å². The minimum Gasteiger partial charge on any atom is -0.457 e. The molecule has 8 fully saturated rings. The zero-order valence-corrected chi connectivity index (χ0v) is 47.5. The summed E-state index contributed by atoms with van der Waals surface area (Å²) in [5.74, 6) is -1.31. The molecule has 23 nitrogen and oxygen atoms in total. The summed E-state index contributed by atoms with van der Waals surface area (Å²) < 4.78 is 55.5. The van der Waals surface area contributed by atoms with E-state index in [1.807, 2.05) is 20.8 Å². The molecule has 8 rings (SSSR count). The first-order valence-electron chi connectivity index (χ1n) is 28.6. The fourth-order valence-corrected chi connectivity index (χ4v) is 16.6. The Balaban J connectivity index is 1.05. The van der Waals surface area contributed by atoms with E-state index in [-0.39, 0.29) is 34.5 Å². The van der Waals surface area contributed by atoms with Crippen LogP contribution in [0.5, 0.6) is 0 Å². The zero-order valence-electron chi connectivity index (χ0n) is 47.5. The van der Waals surface area contributed by atoms with Gasteiger partial charge in [-0.05, 0) is 131 Å². The number of carbonyl (C=O) groups excluding carboxylic acids is 1. The molecule has 8 aliphatic rings. The predicted molar refractivity (Wildman–Crippen MR) is 274 cm³/mol. The third-order valence-corrected chi connectivity index (χ3v) is 21.2. The Morgan fingerprint density at radius 3 is 1.68 bits per heavy atom. The van der Waals surface area contributed by atoms with E-state index < -0.39 is 177 Å². The molecule has 0 amide bonds. The maximum absolute atomic E-state index is 13.0. The SMILES string of the molecule is CC(=O)O[C@@H]1[C@@H](O)[C@H](C)O[C@@H](O[C@H]2[C@H](O[C@@](C)(CCC=C(C)C)[C@H]3CC[C@]4(C)[C@@H]3[C@H](O)CC3[C@@]5(C)CC[C@H](O[C@@H]6O[C@H](CO)[C@@H](O)[C@H](O)[C@H]6O[C@@H]6O[C@H](CO)[C@@H](O)[C@H](O)[C@H]6O)C(C)(C)[C@@H]5CC[C@]34C)O[C@H](CO)[C@@H](O)[C@@H]2O)[C@@H]1O. The molecule has 0 radical (unpaired) electrons. The third-order valence-electron chi connectivity index (χ3n) is 21.2. The van der Waals surface area contributed by atoms with Gasteiger partial charge in [0.05, 0.1) is 43.7 Å². The van der Waals surface area contributed by atoms with Crippen molar-refractivity contribution in [2.75, 3.05) is 19.8 Å². The van der Waals surface area contributed by atoms with Gasteiger partial charge < -0.3 is 109 Å². The number of aliphatic hydroxyl groups is 13. The molecule has 1 unspecified atom stereocenters. The van der Waals surface area contributed by atoms with Crippen LogP contribution >= 0.6 is 0 Å². The lowest BCUT2D eigenvalue weighted by Gasteiger charge is -2.71. The predicted octanol–water partition coefficient (Wildman–Crippen LogP) is -0.604. The Kier molecular flexibility index (Phi) is 19.3. The Morgan fingerprint density at radius 1 is 0.582 bits per heavy atom. The molecule has 4 saturated carbocycles. The number of aliphatic hydroxyl groups excluding tert-OH is 13. The lowest BCUT2D eigenvalue weighted by atomic mass is 9.35. The molecule has 456 valence electrons. The van der Waals surface area contributed by atoms with Gasteiger partial charge in [0.1, 0.15) is 85.5 Å². The molecule has 13 N–H and O–H groups in total. The van der Waals surface area contributed by atoms with E-state index >= 15 is 0 Å². The van der Waals surface area contributed by atoms with E-state index in [1.165, 1.54) is 6.92 Å². The van der Waals surface area contributed by atoms with Crippen molar-refractivity contribution in [1.82, 2.24) is 0 Å². The molecular formula is C56H94O23. The molecule has 4 aliphatic heterocycles. The molecule has 30 atom stereocenters. The Hall–Kier alpha value is -1.63. The van der Waals surface area contributed by atoms with E-state index in [0.29, 0.717) is 38.5 Å². The monoisotopic (exact) mass is 1130 g/mol. The van der Waals surface area contributed by atoms with Crippen molar-refractivity contribution >= 4 is 5.97 Å². The van der Waals surface area contributed by atoms with Crippen LogP contribution in [0.15, 0.2) is 11.6 Å². The largest absolute Gasteiger partial charge is 0.457 e. The smallest absolute Gasteiger partial charge is 0.303 e. The van der Waals surface area contributed by atoms with Gasteiger partial charge in [0.15, 0.2) is 31.3 Å². The van der Waals surface area contributed by atoms with Crippen LogP contribution in [0, 0.1) is 45.3 Å². The highest BCUT2D eigenvalue weighted by Gasteiger charge is 2.72. The topological polar surface area (TPSA) is 363 Å². The van der Waals surface area contributed by atoms with Crippen LogP contribution in [-0.4, -0.2) is 233 Å². The molecule has 0 aromatic heterocycles. The summed E-state index contributed by atoms with van der Waals surface area (Å²) in [5, 5.41) is 143. The quantitative estimate of drug-likeness (QED) is 0.0521. The Labute approximate surface area is 463 Å². The normalized spacial score (nSPS) is 51.5. The van der Waals surface area contributed by atoms with Crippen molar-refractivity contribution in [3.05, 3.63) is 11.6 Å². The second-order valence-corrected chi connectivity index (χ2v) is 26.3. The third kappa shape index (κ3) is 11.3. The van der Waals surface area contributed by atoms with Crippen LogP contribution in [-0.2, 0) is 47.4 Å². The highest BCUT2D eigenvalue weighted by atomic mass is 16.8. The van der Waals surface area contributed by atoms with Crippen molar-refractivity contribution in [1.29, 1.82) is 0 Å². The fraction of sp³-hybridized carbons (Fsp3) is 0.946. The number of rotatable bonds is 16. The summed E-state index contributed by atoms with van der Waals surface area (Å²) in [7, 11) is 0. The molecule has 23 heteroatoms. The van der Waals surface area contributed by atoms with E-state index in [0.717, 1.165) is 31.8 Å². The van der Waals surface area contributed by atoms with Crippen molar-refractivity contribution in [3.63, 3.8) is 0 Å². The molecule has 0 bridgehead atoms. The van der Waals surface area contributed by atoms with Crippen molar-refractivity contribution in [2.24, 2.45) is 45.3 Å². The molecule has 79 heavy (non-hydrogen) atoms. The number of esters is 1. The van der Waals surface area contributed by atoms with Gasteiger partial charge in [-0.15, -0.1) is 0 Å². The lowest BCUT2D eigenvalue weighted by molar-refractivity contribution is -0.381. The number of allylic oxidation sites excluding steroid dienone is 2. The number of carbonyl (C=O) groups is 1. The van der Waals surface area contributed by atoms with E-state index in [9.17, 15) is 71.2 Å². The van der Waals surface area contributed by atoms with Crippen LogP contribution in [0.1, 0.15) is 127 Å². The van der Waals surface area contributed by atoms with Gasteiger partial charge in [-0.1, -0.05) is 46.3 Å². The van der Waals surface area contributed by atoms with Gasteiger partial charge in [0.25, 0.3) is 0 Å². The van der Waals surface area contributed by atoms with E-state index in [2.05, 4.69) is 40.7 Å². The van der Waals surface area contributed by atoms with E-state index in [4.69, 9.17) is 42.6 Å². The molecule has 0 aromatic rings. The second-order valence-electron chi connectivity index (χ2n) is 26.3. The van der Waals surface area contributed by atoms with Crippen molar-refractivity contribution in [3.8, 4) is 0 Å². The molecule has 4 saturated heterocycles. The molecular weight excluding hydrogens is 1040 g/mol. The average molecular weight is 1140 g/mol. The highest BCUT2D eigenvalue weighted by Crippen LogP contribution is 2.76. The maximum Gasteiger partial charge on any atom is 0.303 e. The van der Waals surface area contributed by atoms with Gasteiger partial charge >= 0.3 is 5.97 Å². The summed E-state index contributed by atoms with van der Waals surface area (Å²) in [6.45, 7) is 17.7. The first-order chi connectivity index (χ1) is 36.9. The van der Waals surface area contributed by atoms with Gasteiger partial charge in [-0.3, -0.25) is 4.79 Å². The second kappa shape index (κ2) is 24.0. The number of hydrogen-bond acceptors (Lipinski definition) is 23. The van der Waals surface area contributed by atoms with Crippen LogP contribution in [0.3, 0.4) is 0 Å². The molecule has 0 aromatic carbocycles. The summed E-state index contributed by atoms with van der Waals surface area (Å²) in [6.07, 6.45) is -24.4. The summed E-state index contributed by atoms with van der Waals surface area (Å²) in [5.41, 5.74) is -1.69. The average Bonchev–Trinajstić information content (AvgIpc) is 3.78. The summed E-state index contributed by atoms with van der Waals surface area (Å²) in [4.78, 5) is 12.0. The van der Waals surface area contributed by atoms with Crippen molar-refractivity contribution in [2.45, 2.75) is 268 Å². The maximum atomic E-state index is 13.0. The minimum absolute atomic E-state index is 0.0239. The molecule has 0 spiro atoms. The number of hydrogen-bond donors (Lipinski definition) is 13. The highest BCUT2D eigenvalue weighted by molar-refractivity contribution is 5.66. The first-order valence-corrected chi connectivity index (χ1v) is 28.6. The minimum atomic E-state index is -1.82. The van der Waals surface area contributed by atoms with Gasteiger partial charge in [-0.2, -0.15) is 0 Å². The van der Waals surface area contributed by atoms with Crippen LogP contribution < -0.4 is 0 Å². The standard InChI is InChI=1S/C56H94O23/c1-24(2)12-11-16-56(10,79-51-47(42(68)39(65)31(23-59)75-51)78-49-44(70)45(72-26(4)60)36(62)25(3)71-49)27-13-18-55(9)35(27)28(61)20-33-53(7)17-15-34(52(5,6)32(53)14-19-54(33,55)8)76-50-46(41(67)38(64)30(22-58)74-50)77-48-43(69)40(66)37(63)29(21-57)73-48/h12,25,27-51,57-59,61-70H,11,13-23H2,1-10H3/t25-,27-,28+,29+,30+,31+,32-,33?,34-,35-,36-,37+,38+,39+,40-,41-,42-,43+,44+,45+,46+,47+,48-,49-,50-,51-,53-,54+,55+,56-/m0/s1. The Morgan fingerprint density at radius 2 is 1.11 bits per heavy atom. The zero-order chi connectivity index (χ0) is 58.2.